The van der Waals surface area contributed by atoms with Crippen molar-refractivity contribution < 1.29 is 13.6 Å². The van der Waals surface area contributed by atoms with Gasteiger partial charge in [-0.05, 0) is 24.5 Å². The topological polar surface area (TPSA) is 41.1 Å². The van der Waals surface area contributed by atoms with Crippen molar-refractivity contribution in [2.45, 2.75) is 33.7 Å². The lowest BCUT2D eigenvalue weighted by Crippen LogP contribution is -2.43. The van der Waals surface area contributed by atoms with Crippen LogP contribution in [0.5, 0.6) is 0 Å². The first-order valence-electron chi connectivity index (χ1n) is 5.72. The van der Waals surface area contributed by atoms with Crippen molar-refractivity contribution in [3.63, 3.8) is 0 Å². The third kappa shape index (κ3) is 3.98. The van der Waals surface area contributed by atoms with E-state index in [-0.39, 0.29) is 17.1 Å². The Kier molecular flexibility index (Phi) is 4.27. The van der Waals surface area contributed by atoms with Crippen LogP contribution in [0.1, 0.15) is 27.7 Å². The average molecular weight is 256 g/mol. The molecule has 2 N–H and O–H groups in total. The molecule has 1 atom stereocenters. The van der Waals surface area contributed by atoms with E-state index in [1.54, 1.807) is 0 Å². The molecule has 5 heteroatoms. The van der Waals surface area contributed by atoms with Crippen LogP contribution >= 0.6 is 0 Å². The van der Waals surface area contributed by atoms with Crippen molar-refractivity contribution in [2.75, 3.05) is 5.32 Å². The van der Waals surface area contributed by atoms with Crippen LogP contribution in [0, 0.1) is 17.0 Å². The molecule has 1 unspecified atom stereocenters. The number of carbonyl (C=O) groups is 1. The Hall–Kier alpha value is -1.65. The van der Waals surface area contributed by atoms with Gasteiger partial charge in [-0.3, -0.25) is 0 Å². The van der Waals surface area contributed by atoms with Gasteiger partial charge < -0.3 is 10.6 Å². The maximum Gasteiger partial charge on any atom is 0.319 e. The summed E-state index contributed by atoms with van der Waals surface area (Å²) in [6, 6.07) is 2.41. The highest BCUT2D eigenvalue weighted by molar-refractivity contribution is 5.89. The van der Waals surface area contributed by atoms with Gasteiger partial charge in [0.05, 0.1) is 5.69 Å². The van der Waals surface area contributed by atoms with E-state index in [0.717, 1.165) is 12.1 Å². The first kappa shape index (κ1) is 14.4. The molecule has 1 rings (SSSR count). The van der Waals surface area contributed by atoms with Gasteiger partial charge in [0.2, 0.25) is 0 Å². The van der Waals surface area contributed by atoms with Gasteiger partial charge in [-0.2, -0.15) is 0 Å². The molecule has 0 saturated heterocycles. The minimum Gasteiger partial charge on any atom is -0.335 e. The van der Waals surface area contributed by atoms with Crippen LogP contribution in [0.4, 0.5) is 19.3 Å². The Morgan fingerprint density at radius 1 is 1.28 bits per heavy atom. The summed E-state index contributed by atoms with van der Waals surface area (Å²) in [5.74, 6) is -1.48. The Labute approximate surface area is 106 Å². The highest BCUT2D eigenvalue weighted by atomic mass is 19.1. The molecule has 1 aromatic rings. The molecule has 3 nitrogen and oxygen atoms in total. The molecule has 0 aliphatic heterocycles. The zero-order chi connectivity index (χ0) is 13.9. The molecule has 0 spiro atoms. The second-order valence-electron chi connectivity index (χ2n) is 5.31. The Balaban J connectivity index is 2.65. The lowest BCUT2D eigenvalue weighted by molar-refractivity contribution is 0.233. The predicted molar refractivity (Wildman–Crippen MR) is 67.4 cm³/mol. The van der Waals surface area contributed by atoms with E-state index in [4.69, 9.17) is 0 Å². The van der Waals surface area contributed by atoms with Crippen molar-refractivity contribution in [3.05, 3.63) is 29.8 Å². The molecule has 0 fully saturated rings. The molecule has 0 saturated carbocycles. The normalized spacial score (nSPS) is 13.0. The third-order valence-corrected chi connectivity index (χ3v) is 2.83. The summed E-state index contributed by atoms with van der Waals surface area (Å²) in [5, 5.41) is 5.05. The minimum atomic E-state index is -0.798. The molecule has 0 aliphatic rings. The number of carbonyl (C=O) groups excluding carboxylic acids is 1. The van der Waals surface area contributed by atoms with Gasteiger partial charge >= 0.3 is 6.03 Å². The van der Waals surface area contributed by atoms with Crippen LogP contribution in [-0.4, -0.2) is 12.1 Å². The van der Waals surface area contributed by atoms with Crippen LogP contribution in [0.15, 0.2) is 18.2 Å². The molecular formula is C13H18F2N2O. The van der Waals surface area contributed by atoms with Gasteiger partial charge in [0.1, 0.15) is 11.6 Å². The zero-order valence-corrected chi connectivity index (χ0v) is 11.0. The summed E-state index contributed by atoms with van der Waals surface area (Å²) >= 11 is 0. The first-order valence-corrected chi connectivity index (χ1v) is 5.72. The molecule has 0 aliphatic carbocycles. The van der Waals surface area contributed by atoms with Gasteiger partial charge in [-0.15, -0.1) is 0 Å². The zero-order valence-electron chi connectivity index (χ0n) is 11.0. The van der Waals surface area contributed by atoms with Gasteiger partial charge in [0, 0.05) is 12.1 Å². The SMILES string of the molecule is CC(NC(=O)Nc1ccc(F)cc1F)C(C)(C)C. The molecule has 0 radical (unpaired) electrons. The van der Waals surface area contributed by atoms with Gasteiger partial charge in [0.15, 0.2) is 0 Å². The Morgan fingerprint density at radius 3 is 2.39 bits per heavy atom. The van der Waals surface area contributed by atoms with E-state index >= 15 is 0 Å². The molecule has 100 valence electrons. The summed E-state index contributed by atoms with van der Waals surface area (Å²) in [7, 11) is 0. The van der Waals surface area contributed by atoms with Crippen LogP contribution in [0.25, 0.3) is 0 Å². The monoisotopic (exact) mass is 256 g/mol. The molecule has 1 aromatic carbocycles. The highest BCUT2D eigenvalue weighted by Gasteiger charge is 2.21. The van der Waals surface area contributed by atoms with Crippen LogP contribution < -0.4 is 10.6 Å². The maximum absolute atomic E-state index is 13.3. The van der Waals surface area contributed by atoms with E-state index in [9.17, 15) is 13.6 Å². The number of urea groups is 1. The fourth-order valence-corrected chi connectivity index (χ4v) is 1.16. The smallest absolute Gasteiger partial charge is 0.319 e. The van der Waals surface area contributed by atoms with E-state index in [1.165, 1.54) is 6.07 Å². The van der Waals surface area contributed by atoms with Gasteiger partial charge in [0.25, 0.3) is 0 Å². The van der Waals surface area contributed by atoms with E-state index < -0.39 is 17.7 Å². The average Bonchev–Trinajstić information content (AvgIpc) is 2.20. The molecule has 18 heavy (non-hydrogen) atoms. The Morgan fingerprint density at radius 2 is 1.89 bits per heavy atom. The van der Waals surface area contributed by atoms with Gasteiger partial charge in [-0.1, -0.05) is 20.8 Å². The van der Waals surface area contributed by atoms with Crippen LogP contribution in [-0.2, 0) is 0 Å². The predicted octanol–water partition coefficient (Wildman–Crippen LogP) is 3.52. The molecule has 0 aromatic heterocycles. The number of anilines is 1. The van der Waals surface area contributed by atoms with Gasteiger partial charge in [-0.25, -0.2) is 13.6 Å². The summed E-state index contributed by atoms with van der Waals surface area (Å²) in [4.78, 5) is 11.6. The van der Waals surface area contributed by atoms with E-state index in [1.807, 2.05) is 27.7 Å². The lowest BCUT2D eigenvalue weighted by atomic mass is 9.88. The standard InChI is InChI=1S/C13H18F2N2O/c1-8(13(2,3)4)16-12(18)17-11-6-5-9(14)7-10(11)15/h5-8H,1-4H3,(H2,16,17,18). The van der Waals surface area contributed by atoms with E-state index in [2.05, 4.69) is 10.6 Å². The summed E-state index contributed by atoms with van der Waals surface area (Å²) in [6.45, 7) is 7.81. The fraction of sp³-hybridized carbons (Fsp3) is 0.462. The largest absolute Gasteiger partial charge is 0.335 e. The number of amides is 2. The van der Waals surface area contributed by atoms with Crippen molar-refractivity contribution in [1.29, 1.82) is 0 Å². The number of hydrogen-bond acceptors (Lipinski definition) is 1. The quantitative estimate of drug-likeness (QED) is 0.835. The molecule has 2 amide bonds. The van der Waals surface area contributed by atoms with Crippen molar-refractivity contribution in [1.82, 2.24) is 5.32 Å². The number of halogens is 2. The second kappa shape index (κ2) is 5.33. The fourth-order valence-electron chi connectivity index (χ4n) is 1.16. The second-order valence-corrected chi connectivity index (χ2v) is 5.31. The Bertz CT molecular complexity index is 441. The summed E-state index contributed by atoms with van der Waals surface area (Å²) < 4.78 is 26.0. The number of nitrogens with one attached hydrogen (secondary N) is 2. The summed E-state index contributed by atoms with van der Waals surface area (Å²) in [6.07, 6.45) is 0. The van der Waals surface area contributed by atoms with Crippen LogP contribution in [0.2, 0.25) is 0 Å². The molecular weight excluding hydrogens is 238 g/mol. The van der Waals surface area contributed by atoms with E-state index in [0.29, 0.717) is 0 Å². The third-order valence-electron chi connectivity index (χ3n) is 2.83. The summed E-state index contributed by atoms with van der Waals surface area (Å²) in [5.41, 5.74) is -0.145. The van der Waals surface area contributed by atoms with Crippen molar-refractivity contribution in [2.24, 2.45) is 5.41 Å². The number of benzene rings is 1. The number of rotatable bonds is 2. The van der Waals surface area contributed by atoms with Crippen molar-refractivity contribution >= 4 is 11.7 Å². The van der Waals surface area contributed by atoms with Crippen molar-refractivity contribution in [3.8, 4) is 0 Å². The lowest BCUT2D eigenvalue weighted by Gasteiger charge is -2.28. The maximum atomic E-state index is 13.3. The number of hydrogen-bond donors (Lipinski definition) is 2. The highest BCUT2D eigenvalue weighted by Crippen LogP contribution is 2.19. The first-order chi connectivity index (χ1) is 8.20. The van der Waals surface area contributed by atoms with Crippen LogP contribution in [0.3, 0.4) is 0 Å². The minimum absolute atomic E-state index is 0.0463. The molecule has 0 heterocycles. The molecule has 0 bridgehead atoms.